The molecule has 0 radical (unpaired) electrons. The Morgan fingerprint density at radius 2 is 1.59 bits per heavy atom. The minimum atomic E-state index is -3.98. The van der Waals surface area contributed by atoms with E-state index < -0.39 is 16.1 Å². The maximum Gasteiger partial charge on any atom is 0.355 e. The minimum Gasteiger partial charge on any atom is -0.507 e. The van der Waals surface area contributed by atoms with Gasteiger partial charge in [0.15, 0.2) is 0 Å². The average Bonchev–Trinajstić information content (AvgIpc) is 2.80. The molecule has 1 fully saturated rings. The summed E-state index contributed by atoms with van der Waals surface area (Å²) in [6.45, 7) is 11.8. The predicted octanol–water partition coefficient (Wildman–Crippen LogP) is 3.46. The molecule has 27 heavy (non-hydrogen) atoms. The smallest absolute Gasteiger partial charge is 0.355 e. The van der Waals surface area contributed by atoms with Crippen LogP contribution in [0.5, 0.6) is 5.75 Å². The summed E-state index contributed by atoms with van der Waals surface area (Å²) >= 11 is 0. The fourth-order valence-corrected chi connectivity index (χ4v) is 4.59. The Bertz CT molecular complexity index is 855. The first-order valence-corrected chi connectivity index (χ1v) is 10.2. The van der Waals surface area contributed by atoms with E-state index in [1.807, 2.05) is 41.5 Å². The van der Waals surface area contributed by atoms with Gasteiger partial charge in [0.2, 0.25) is 0 Å². The first-order chi connectivity index (χ1) is 12.2. The van der Waals surface area contributed by atoms with Crippen LogP contribution in [0.25, 0.3) is 6.08 Å². The number of aromatic hydroxyl groups is 1. The number of phenolic OH excluding ortho intramolecular Hbond substituents is 1. The topological polar surface area (TPSA) is 107 Å². The summed E-state index contributed by atoms with van der Waals surface area (Å²) in [4.78, 5) is 11.7. The summed E-state index contributed by atoms with van der Waals surface area (Å²) in [5.41, 5.74) is 2.78. The summed E-state index contributed by atoms with van der Waals surface area (Å²) in [7, 11) is -3.98. The average molecular weight is 397 g/mol. The lowest BCUT2D eigenvalue weighted by Crippen LogP contribution is -2.39. The third-order valence-corrected chi connectivity index (χ3v) is 6.49. The Morgan fingerprint density at radius 1 is 1.11 bits per heavy atom. The van der Waals surface area contributed by atoms with Crippen molar-refractivity contribution in [2.45, 2.75) is 58.8 Å². The van der Waals surface area contributed by atoms with Crippen molar-refractivity contribution in [2.75, 3.05) is 6.54 Å². The highest BCUT2D eigenvalue weighted by atomic mass is 32.2. The number of benzene rings is 1. The number of carbonyl (C=O) groups is 1. The predicted molar refractivity (Wildman–Crippen MR) is 104 cm³/mol. The number of amides is 2. The molecule has 0 atom stereocenters. The van der Waals surface area contributed by atoms with Crippen LogP contribution in [0.4, 0.5) is 4.79 Å². The Labute approximate surface area is 160 Å². The van der Waals surface area contributed by atoms with Gasteiger partial charge in [-0.3, -0.25) is 5.21 Å². The van der Waals surface area contributed by atoms with Crippen molar-refractivity contribution in [2.24, 2.45) is 0 Å². The zero-order valence-electron chi connectivity index (χ0n) is 16.6. The van der Waals surface area contributed by atoms with Crippen LogP contribution in [0.15, 0.2) is 17.0 Å². The molecule has 150 valence electrons. The maximum atomic E-state index is 12.6. The van der Waals surface area contributed by atoms with Crippen LogP contribution < -0.4 is 5.48 Å². The van der Waals surface area contributed by atoms with E-state index in [1.165, 1.54) is 11.6 Å². The number of carbonyl (C=O) groups excluding carboxylic acids is 1. The quantitative estimate of drug-likeness (QED) is 0.498. The zero-order valence-corrected chi connectivity index (χ0v) is 17.4. The SMILES string of the molecule is CC(C)(C)c1cc(/C=C2\CCN(C(=O)NO)S2(=O)=O)cc(C(C)(C)C)c1O. The molecule has 1 heterocycles. The number of sulfonamides is 1. The van der Waals surface area contributed by atoms with Crippen molar-refractivity contribution in [1.29, 1.82) is 0 Å². The van der Waals surface area contributed by atoms with Gasteiger partial charge in [0.05, 0.1) is 4.91 Å². The Morgan fingerprint density at radius 3 is 2.00 bits per heavy atom. The summed E-state index contributed by atoms with van der Waals surface area (Å²) in [6.07, 6.45) is 1.69. The second-order valence-electron chi connectivity index (χ2n) is 8.82. The first-order valence-electron chi connectivity index (χ1n) is 8.75. The third kappa shape index (κ3) is 4.11. The molecule has 1 aromatic rings. The van der Waals surface area contributed by atoms with E-state index in [0.29, 0.717) is 9.87 Å². The van der Waals surface area contributed by atoms with Crippen LogP contribution in [0.1, 0.15) is 64.7 Å². The Balaban J connectivity index is 2.63. The van der Waals surface area contributed by atoms with Crippen molar-refractivity contribution < 1.29 is 23.5 Å². The number of nitrogens with one attached hydrogen (secondary N) is 1. The van der Waals surface area contributed by atoms with E-state index >= 15 is 0 Å². The summed E-state index contributed by atoms with van der Waals surface area (Å²) in [6, 6.07) is 2.49. The van der Waals surface area contributed by atoms with Crippen LogP contribution in [-0.4, -0.2) is 35.6 Å². The summed E-state index contributed by atoms with van der Waals surface area (Å²) < 4.78 is 25.7. The fraction of sp³-hybridized carbons (Fsp3) is 0.526. The van der Waals surface area contributed by atoms with Crippen LogP contribution in [-0.2, 0) is 20.9 Å². The van der Waals surface area contributed by atoms with Crippen molar-refractivity contribution in [1.82, 2.24) is 9.79 Å². The van der Waals surface area contributed by atoms with Crippen LogP contribution >= 0.6 is 0 Å². The molecule has 0 unspecified atom stereocenters. The second-order valence-corrected chi connectivity index (χ2v) is 10.7. The summed E-state index contributed by atoms with van der Waals surface area (Å²) in [5.74, 6) is 0.215. The molecule has 0 bridgehead atoms. The van der Waals surface area contributed by atoms with Gasteiger partial charge in [-0.1, -0.05) is 41.5 Å². The van der Waals surface area contributed by atoms with E-state index in [1.54, 1.807) is 12.1 Å². The third-order valence-electron chi connectivity index (χ3n) is 4.58. The molecule has 8 heteroatoms. The number of hydrogen-bond donors (Lipinski definition) is 3. The molecule has 0 aromatic heterocycles. The number of phenols is 1. The fourth-order valence-electron chi connectivity index (χ4n) is 3.08. The maximum absolute atomic E-state index is 12.6. The van der Waals surface area contributed by atoms with Crippen molar-refractivity contribution in [3.8, 4) is 5.75 Å². The first kappa shape index (κ1) is 21.2. The highest BCUT2D eigenvalue weighted by Gasteiger charge is 2.37. The van der Waals surface area contributed by atoms with Crippen LogP contribution in [0.3, 0.4) is 0 Å². The highest BCUT2D eigenvalue weighted by Crippen LogP contribution is 2.40. The van der Waals surface area contributed by atoms with Gasteiger partial charge in [0.25, 0.3) is 10.0 Å². The zero-order chi connectivity index (χ0) is 20.8. The molecule has 0 saturated carbocycles. The van der Waals surface area contributed by atoms with Crippen molar-refractivity contribution in [3.63, 3.8) is 0 Å². The Hall–Kier alpha value is -2.06. The molecule has 7 nitrogen and oxygen atoms in total. The van der Waals surface area contributed by atoms with Gasteiger partial charge in [-0.25, -0.2) is 23.0 Å². The Kier molecular flexibility index (Phi) is 5.38. The second kappa shape index (κ2) is 6.83. The van der Waals surface area contributed by atoms with Gasteiger partial charge >= 0.3 is 6.03 Å². The van der Waals surface area contributed by atoms with E-state index in [0.717, 1.165) is 11.1 Å². The van der Waals surface area contributed by atoms with Crippen LogP contribution in [0.2, 0.25) is 0 Å². The standard InChI is InChI=1S/C19H28N2O5S/c1-18(2,3)14-10-12(11-15(16(14)22)19(4,5)6)9-13-7-8-21(17(23)20-24)27(13,25)26/h9-11,22,24H,7-8H2,1-6H3,(H,20,23)/b13-9+. The van der Waals surface area contributed by atoms with Crippen molar-refractivity contribution >= 4 is 22.1 Å². The number of urea groups is 1. The van der Waals surface area contributed by atoms with E-state index in [9.17, 15) is 18.3 Å². The lowest BCUT2D eigenvalue weighted by atomic mass is 9.78. The van der Waals surface area contributed by atoms with Crippen LogP contribution in [0, 0.1) is 0 Å². The number of hydrogen-bond acceptors (Lipinski definition) is 5. The normalized spacial score (nSPS) is 18.8. The number of rotatable bonds is 1. The molecular formula is C19H28N2O5S. The largest absolute Gasteiger partial charge is 0.507 e. The van der Waals surface area contributed by atoms with E-state index in [-0.39, 0.29) is 34.5 Å². The van der Waals surface area contributed by atoms with Gasteiger partial charge < -0.3 is 5.11 Å². The molecule has 1 aromatic carbocycles. The van der Waals surface area contributed by atoms with Gasteiger partial charge in [-0.2, -0.15) is 0 Å². The van der Waals surface area contributed by atoms with E-state index in [4.69, 9.17) is 5.21 Å². The van der Waals surface area contributed by atoms with Gasteiger partial charge in [-0.15, -0.1) is 0 Å². The molecule has 2 rings (SSSR count). The molecule has 3 N–H and O–H groups in total. The lowest BCUT2D eigenvalue weighted by molar-refractivity contribution is 0.148. The lowest BCUT2D eigenvalue weighted by Gasteiger charge is -2.28. The number of hydroxylamine groups is 1. The van der Waals surface area contributed by atoms with Gasteiger partial charge in [0, 0.05) is 24.1 Å². The number of nitrogens with zero attached hydrogens (tertiary/aromatic N) is 1. The van der Waals surface area contributed by atoms with Gasteiger partial charge in [-0.05, 0) is 34.6 Å². The summed E-state index contributed by atoms with van der Waals surface area (Å²) in [5, 5.41) is 19.5. The molecule has 0 aliphatic carbocycles. The molecule has 0 spiro atoms. The van der Waals surface area contributed by atoms with Crippen molar-refractivity contribution in [3.05, 3.63) is 33.7 Å². The van der Waals surface area contributed by atoms with E-state index in [2.05, 4.69) is 0 Å². The molecule has 1 saturated heterocycles. The molecule has 1 aliphatic rings. The van der Waals surface area contributed by atoms with Gasteiger partial charge in [0.1, 0.15) is 5.75 Å². The molecule has 1 aliphatic heterocycles. The minimum absolute atomic E-state index is 0.0309. The molecule has 2 amide bonds. The molecular weight excluding hydrogens is 368 g/mol. The monoisotopic (exact) mass is 396 g/mol. The highest BCUT2D eigenvalue weighted by molar-refractivity contribution is 7.94.